The molecule has 1 saturated heterocycles. The summed E-state index contributed by atoms with van der Waals surface area (Å²) in [6, 6.07) is 6.54. The van der Waals surface area contributed by atoms with Crippen LogP contribution in [0.5, 0.6) is 11.5 Å². The smallest absolute Gasteiger partial charge is 0.191 e. The van der Waals surface area contributed by atoms with E-state index in [0.717, 1.165) is 69.7 Å². The minimum atomic E-state index is 0.472. The molecule has 1 aromatic carbocycles. The average Bonchev–Trinajstić information content (AvgIpc) is 2.74. The standard InChI is InChI=1S/C23H41N5O2/c1-7-24-23(25-11-10-19-8-9-21(29-5)22(16-19)30-6)26-17-20(18(2)3)28-14-12-27(4)13-15-28/h8-9,16,18,20H,7,10-15,17H2,1-6H3,(H2,24,25,26). The molecule has 0 aliphatic carbocycles. The van der Waals surface area contributed by atoms with Gasteiger partial charge in [0.1, 0.15) is 0 Å². The van der Waals surface area contributed by atoms with E-state index in [0.29, 0.717) is 12.0 Å². The number of likely N-dealkylation sites (N-methyl/N-ethyl adjacent to an activating group) is 1. The Morgan fingerprint density at radius 2 is 1.77 bits per heavy atom. The summed E-state index contributed by atoms with van der Waals surface area (Å²) in [6.07, 6.45) is 0.886. The molecular formula is C23H41N5O2. The van der Waals surface area contributed by atoms with Crippen LogP contribution in [0.2, 0.25) is 0 Å². The van der Waals surface area contributed by atoms with Crippen LogP contribution in [0.1, 0.15) is 26.3 Å². The number of hydrogen-bond acceptors (Lipinski definition) is 5. The summed E-state index contributed by atoms with van der Waals surface area (Å²) in [4.78, 5) is 9.91. The van der Waals surface area contributed by atoms with Crippen LogP contribution in [0.25, 0.3) is 0 Å². The van der Waals surface area contributed by atoms with Gasteiger partial charge in [0, 0.05) is 45.3 Å². The van der Waals surface area contributed by atoms with E-state index < -0.39 is 0 Å². The zero-order valence-electron chi connectivity index (χ0n) is 19.7. The van der Waals surface area contributed by atoms with Crippen molar-refractivity contribution in [1.29, 1.82) is 0 Å². The third-order valence-corrected chi connectivity index (χ3v) is 5.71. The van der Waals surface area contributed by atoms with Gasteiger partial charge in [0.15, 0.2) is 17.5 Å². The molecule has 1 unspecified atom stereocenters. The van der Waals surface area contributed by atoms with Crippen molar-refractivity contribution in [3.05, 3.63) is 23.8 Å². The highest BCUT2D eigenvalue weighted by Crippen LogP contribution is 2.27. The SMILES string of the molecule is CCNC(=NCC(C(C)C)N1CCN(C)CC1)NCCc1ccc(OC)c(OC)c1. The van der Waals surface area contributed by atoms with Gasteiger partial charge in [-0.2, -0.15) is 0 Å². The van der Waals surface area contributed by atoms with Crippen molar-refractivity contribution < 1.29 is 9.47 Å². The number of methoxy groups -OCH3 is 2. The fourth-order valence-corrected chi connectivity index (χ4v) is 3.79. The van der Waals surface area contributed by atoms with Crippen molar-refractivity contribution in [2.45, 2.75) is 33.2 Å². The molecule has 30 heavy (non-hydrogen) atoms. The zero-order valence-corrected chi connectivity index (χ0v) is 19.7. The van der Waals surface area contributed by atoms with Gasteiger partial charge in [0.25, 0.3) is 0 Å². The van der Waals surface area contributed by atoms with Gasteiger partial charge in [0.2, 0.25) is 0 Å². The molecule has 1 atom stereocenters. The van der Waals surface area contributed by atoms with Crippen LogP contribution in [0.15, 0.2) is 23.2 Å². The molecule has 0 amide bonds. The van der Waals surface area contributed by atoms with E-state index in [1.165, 1.54) is 5.56 Å². The predicted molar refractivity (Wildman–Crippen MR) is 125 cm³/mol. The average molecular weight is 420 g/mol. The summed E-state index contributed by atoms with van der Waals surface area (Å²) in [5.74, 6) is 2.99. The van der Waals surface area contributed by atoms with Gasteiger partial charge >= 0.3 is 0 Å². The zero-order chi connectivity index (χ0) is 21.9. The minimum Gasteiger partial charge on any atom is -0.493 e. The Labute approximate surface area is 182 Å². The van der Waals surface area contributed by atoms with Crippen LogP contribution < -0.4 is 20.1 Å². The maximum Gasteiger partial charge on any atom is 0.191 e. The third-order valence-electron chi connectivity index (χ3n) is 5.71. The second kappa shape index (κ2) is 12.6. The van der Waals surface area contributed by atoms with Crippen molar-refractivity contribution in [3.8, 4) is 11.5 Å². The number of piperazine rings is 1. The van der Waals surface area contributed by atoms with Gasteiger partial charge in [-0.15, -0.1) is 0 Å². The van der Waals surface area contributed by atoms with E-state index in [2.05, 4.69) is 54.3 Å². The van der Waals surface area contributed by atoms with Gasteiger partial charge in [-0.25, -0.2) is 0 Å². The quantitative estimate of drug-likeness (QED) is 0.447. The van der Waals surface area contributed by atoms with E-state index in [1.54, 1.807) is 14.2 Å². The lowest BCUT2D eigenvalue weighted by Gasteiger charge is -2.39. The van der Waals surface area contributed by atoms with Crippen LogP contribution in [0, 0.1) is 5.92 Å². The van der Waals surface area contributed by atoms with Crippen LogP contribution >= 0.6 is 0 Å². The fourth-order valence-electron chi connectivity index (χ4n) is 3.79. The van der Waals surface area contributed by atoms with E-state index in [4.69, 9.17) is 14.5 Å². The van der Waals surface area contributed by atoms with Crippen molar-refractivity contribution in [2.24, 2.45) is 10.9 Å². The number of aliphatic imine (C=N–C) groups is 1. The Morgan fingerprint density at radius 3 is 2.37 bits per heavy atom. The molecule has 0 spiro atoms. The van der Waals surface area contributed by atoms with Gasteiger partial charge in [-0.1, -0.05) is 19.9 Å². The lowest BCUT2D eigenvalue weighted by atomic mass is 10.0. The molecule has 2 rings (SSSR count). The molecule has 7 heteroatoms. The van der Waals surface area contributed by atoms with Crippen LogP contribution in [0.3, 0.4) is 0 Å². The summed E-state index contributed by atoms with van der Waals surface area (Å²) >= 11 is 0. The number of rotatable bonds is 10. The van der Waals surface area contributed by atoms with Crippen molar-refractivity contribution in [2.75, 3.05) is 67.1 Å². The van der Waals surface area contributed by atoms with Crippen LogP contribution in [0.4, 0.5) is 0 Å². The first-order chi connectivity index (χ1) is 14.5. The number of nitrogens with one attached hydrogen (secondary N) is 2. The summed E-state index contributed by atoms with van der Waals surface area (Å²) < 4.78 is 10.7. The second-order valence-electron chi connectivity index (χ2n) is 8.24. The molecule has 7 nitrogen and oxygen atoms in total. The van der Waals surface area contributed by atoms with Crippen LogP contribution in [-0.2, 0) is 6.42 Å². The first-order valence-corrected chi connectivity index (χ1v) is 11.1. The second-order valence-corrected chi connectivity index (χ2v) is 8.24. The van der Waals surface area contributed by atoms with Crippen molar-refractivity contribution >= 4 is 5.96 Å². The van der Waals surface area contributed by atoms with Gasteiger partial charge < -0.3 is 25.0 Å². The topological polar surface area (TPSA) is 61.4 Å². The number of ether oxygens (including phenoxy) is 2. The molecule has 0 saturated carbocycles. The van der Waals surface area contributed by atoms with E-state index >= 15 is 0 Å². The molecule has 170 valence electrons. The molecule has 1 aliphatic rings. The molecular weight excluding hydrogens is 378 g/mol. The lowest BCUT2D eigenvalue weighted by molar-refractivity contribution is 0.0925. The molecule has 0 bridgehead atoms. The number of benzene rings is 1. The van der Waals surface area contributed by atoms with E-state index in [9.17, 15) is 0 Å². The Hall–Kier alpha value is -1.99. The van der Waals surface area contributed by atoms with Crippen molar-refractivity contribution in [3.63, 3.8) is 0 Å². The Balaban J connectivity index is 1.93. The van der Waals surface area contributed by atoms with Gasteiger partial charge in [-0.3, -0.25) is 9.89 Å². The highest BCUT2D eigenvalue weighted by atomic mass is 16.5. The first-order valence-electron chi connectivity index (χ1n) is 11.1. The fraction of sp³-hybridized carbons (Fsp3) is 0.696. The van der Waals surface area contributed by atoms with Crippen molar-refractivity contribution in [1.82, 2.24) is 20.4 Å². The first kappa shape index (κ1) is 24.3. The summed E-state index contributed by atoms with van der Waals surface area (Å²) in [7, 11) is 5.53. The number of guanidine groups is 1. The van der Waals surface area contributed by atoms with E-state index in [-0.39, 0.29) is 0 Å². The molecule has 1 aromatic rings. The van der Waals surface area contributed by atoms with Gasteiger partial charge in [-0.05, 0) is 44.0 Å². The molecule has 0 radical (unpaired) electrons. The number of hydrogen-bond donors (Lipinski definition) is 2. The Kier molecular flexibility index (Phi) is 10.2. The highest BCUT2D eigenvalue weighted by molar-refractivity contribution is 5.79. The minimum absolute atomic E-state index is 0.472. The summed E-state index contributed by atoms with van der Waals surface area (Å²) in [5, 5.41) is 6.86. The molecule has 0 aromatic heterocycles. The number of nitrogens with zero attached hydrogens (tertiary/aromatic N) is 3. The summed E-state index contributed by atoms with van der Waals surface area (Å²) in [6.45, 7) is 13.7. The third kappa shape index (κ3) is 7.36. The largest absolute Gasteiger partial charge is 0.493 e. The molecule has 2 N–H and O–H groups in total. The normalized spacial score (nSPS) is 17.1. The molecule has 1 heterocycles. The maximum atomic E-state index is 5.41. The van der Waals surface area contributed by atoms with Gasteiger partial charge in [0.05, 0.1) is 20.8 Å². The maximum absolute atomic E-state index is 5.41. The predicted octanol–water partition coefficient (Wildman–Crippen LogP) is 2.07. The van der Waals surface area contributed by atoms with Crippen LogP contribution in [-0.4, -0.2) is 88.9 Å². The highest BCUT2D eigenvalue weighted by Gasteiger charge is 2.24. The molecule has 1 aliphatic heterocycles. The monoisotopic (exact) mass is 419 g/mol. The Bertz CT molecular complexity index is 657. The lowest BCUT2D eigenvalue weighted by Crippen LogP contribution is -2.52. The molecule has 1 fully saturated rings. The van der Waals surface area contributed by atoms with E-state index in [1.807, 2.05) is 12.1 Å². The Morgan fingerprint density at radius 1 is 1.07 bits per heavy atom. The summed E-state index contributed by atoms with van der Waals surface area (Å²) in [5.41, 5.74) is 1.20.